The summed E-state index contributed by atoms with van der Waals surface area (Å²) in [4.78, 5) is 13.9. The molecule has 0 radical (unpaired) electrons. The summed E-state index contributed by atoms with van der Waals surface area (Å²) >= 11 is 0. The van der Waals surface area contributed by atoms with Gasteiger partial charge in [0.25, 0.3) is 11.9 Å². The minimum Gasteiger partial charge on any atom is -0.426 e. The van der Waals surface area contributed by atoms with Gasteiger partial charge in [-0.3, -0.25) is 4.79 Å². The quantitative estimate of drug-likeness (QED) is 0.916. The molecule has 1 amide bonds. The average molecular weight is 317 g/mol. The lowest BCUT2D eigenvalue weighted by Gasteiger charge is -2.14. The smallest absolute Gasteiger partial charge is 0.290 e. The number of β-amino-alcohol motifs (C(OH)–C–C–N with tert-alkyl or cyclic N) is 1. The first-order valence-electron chi connectivity index (χ1n) is 7.59. The van der Waals surface area contributed by atoms with Crippen LogP contribution in [0.15, 0.2) is 46.9 Å². The van der Waals surface area contributed by atoms with Crippen molar-refractivity contribution in [2.45, 2.75) is 19.1 Å². The van der Waals surface area contributed by atoms with Crippen molar-refractivity contribution in [2.75, 3.05) is 19.7 Å². The van der Waals surface area contributed by atoms with Gasteiger partial charge in [0, 0.05) is 19.2 Å². The van der Waals surface area contributed by atoms with Crippen molar-refractivity contribution in [3.8, 4) is 11.7 Å². The summed E-state index contributed by atoms with van der Waals surface area (Å²) < 4.78 is 16.4. The number of para-hydroxylation sites is 1. The third-order valence-corrected chi connectivity index (χ3v) is 3.66. The van der Waals surface area contributed by atoms with Gasteiger partial charge in [-0.05, 0) is 25.1 Å². The van der Waals surface area contributed by atoms with Gasteiger partial charge >= 0.3 is 0 Å². The van der Waals surface area contributed by atoms with Crippen LogP contribution in [0.5, 0.6) is 11.7 Å². The van der Waals surface area contributed by atoms with Crippen molar-refractivity contribution in [1.29, 1.82) is 0 Å². The molecule has 0 unspecified atom stereocenters. The monoisotopic (exact) mass is 317 g/mol. The van der Waals surface area contributed by atoms with E-state index < -0.39 is 6.10 Å². The summed E-state index contributed by atoms with van der Waals surface area (Å²) in [6.45, 7) is 2.94. The molecule has 1 aromatic heterocycles. The van der Waals surface area contributed by atoms with Crippen molar-refractivity contribution in [3.63, 3.8) is 0 Å². The van der Waals surface area contributed by atoms with Crippen LogP contribution in [0.25, 0.3) is 0 Å². The summed E-state index contributed by atoms with van der Waals surface area (Å²) in [6.07, 6.45) is -1.02. The number of hydrogen-bond donors (Lipinski definition) is 1. The largest absolute Gasteiger partial charge is 0.426 e. The highest BCUT2D eigenvalue weighted by Crippen LogP contribution is 2.25. The molecule has 23 heavy (non-hydrogen) atoms. The minimum atomic E-state index is -0.672. The zero-order valence-corrected chi connectivity index (χ0v) is 12.8. The molecule has 3 rings (SSSR count). The maximum Gasteiger partial charge on any atom is 0.290 e. The molecule has 1 aliphatic rings. The van der Waals surface area contributed by atoms with E-state index in [0.29, 0.717) is 18.9 Å². The van der Waals surface area contributed by atoms with Gasteiger partial charge in [0.2, 0.25) is 0 Å². The lowest BCUT2D eigenvalue weighted by atomic mass is 10.3. The van der Waals surface area contributed by atoms with Gasteiger partial charge < -0.3 is 23.9 Å². The van der Waals surface area contributed by atoms with E-state index in [4.69, 9.17) is 13.9 Å². The fourth-order valence-electron chi connectivity index (χ4n) is 2.55. The van der Waals surface area contributed by atoms with Crippen LogP contribution in [0.1, 0.15) is 17.5 Å². The maximum absolute atomic E-state index is 12.4. The molecule has 1 saturated heterocycles. The summed E-state index contributed by atoms with van der Waals surface area (Å²) in [5.74, 6) is 0.781. The normalized spacial score (nSPS) is 20.7. The van der Waals surface area contributed by atoms with Gasteiger partial charge in [-0.1, -0.05) is 18.2 Å². The predicted molar refractivity (Wildman–Crippen MR) is 82.5 cm³/mol. The van der Waals surface area contributed by atoms with Gasteiger partial charge in [0.15, 0.2) is 5.76 Å². The number of ether oxygens (including phenoxy) is 2. The van der Waals surface area contributed by atoms with E-state index >= 15 is 0 Å². The average Bonchev–Trinajstić information content (AvgIpc) is 3.16. The van der Waals surface area contributed by atoms with Crippen LogP contribution >= 0.6 is 0 Å². The Bertz CT molecular complexity index is 654. The Labute approximate surface area is 134 Å². The molecule has 1 N–H and O–H groups in total. The number of carbonyl (C=O) groups is 1. The van der Waals surface area contributed by atoms with E-state index in [1.54, 1.807) is 24.3 Å². The first kappa shape index (κ1) is 15.6. The van der Waals surface area contributed by atoms with Crippen molar-refractivity contribution in [3.05, 3.63) is 48.2 Å². The minimum absolute atomic E-state index is 0.181. The van der Waals surface area contributed by atoms with Crippen LogP contribution in [0.2, 0.25) is 0 Å². The highest BCUT2D eigenvalue weighted by atomic mass is 16.6. The van der Waals surface area contributed by atoms with E-state index in [1.807, 2.05) is 25.1 Å². The Balaban J connectivity index is 1.65. The molecule has 0 aliphatic carbocycles. The third kappa shape index (κ3) is 3.55. The second-order valence-corrected chi connectivity index (χ2v) is 5.31. The molecule has 2 heterocycles. The molecule has 0 bridgehead atoms. The molecule has 2 atom stereocenters. The first-order chi connectivity index (χ1) is 11.2. The molecule has 1 aliphatic heterocycles. The summed E-state index contributed by atoms with van der Waals surface area (Å²) in [6, 6.07) is 12.4. The van der Waals surface area contributed by atoms with Crippen LogP contribution in [0.4, 0.5) is 0 Å². The molecule has 6 nitrogen and oxygen atoms in total. The fraction of sp³-hybridized carbons (Fsp3) is 0.353. The summed E-state index contributed by atoms with van der Waals surface area (Å²) in [5, 5.41) is 9.91. The SMILES string of the molecule is CCO[C@H]1CN(C(=O)c2ccc(Oc3ccccc3)o2)C[C@@H]1O. The van der Waals surface area contributed by atoms with Crippen molar-refractivity contribution < 1.29 is 23.8 Å². The van der Waals surface area contributed by atoms with Gasteiger partial charge in [0.1, 0.15) is 11.9 Å². The third-order valence-electron chi connectivity index (χ3n) is 3.66. The number of aliphatic hydroxyl groups is 1. The maximum atomic E-state index is 12.4. The van der Waals surface area contributed by atoms with Crippen molar-refractivity contribution >= 4 is 5.91 Å². The van der Waals surface area contributed by atoms with E-state index in [9.17, 15) is 9.90 Å². The number of nitrogens with zero attached hydrogens (tertiary/aromatic N) is 1. The number of likely N-dealkylation sites (tertiary alicyclic amines) is 1. The molecular weight excluding hydrogens is 298 g/mol. The first-order valence-corrected chi connectivity index (χ1v) is 7.59. The topological polar surface area (TPSA) is 72.1 Å². The Morgan fingerprint density at radius 2 is 2.04 bits per heavy atom. The number of aliphatic hydroxyl groups excluding tert-OH is 1. The van der Waals surface area contributed by atoms with Gasteiger partial charge in [0.05, 0.1) is 12.6 Å². The van der Waals surface area contributed by atoms with Crippen LogP contribution in [0, 0.1) is 0 Å². The van der Waals surface area contributed by atoms with Gasteiger partial charge in [-0.15, -0.1) is 0 Å². The Morgan fingerprint density at radius 3 is 2.78 bits per heavy atom. The van der Waals surface area contributed by atoms with Crippen LogP contribution in [-0.4, -0.2) is 47.8 Å². The fourth-order valence-corrected chi connectivity index (χ4v) is 2.55. The molecule has 0 spiro atoms. The number of rotatable bonds is 5. The summed E-state index contributed by atoms with van der Waals surface area (Å²) in [7, 11) is 0. The molecule has 2 aromatic rings. The van der Waals surface area contributed by atoms with Crippen molar-refractivity contribution in [2.24, 2.45) is 0 Å². The van der Waals surface area contributed by atoms with Gasteiger partial charge in [-0.25, -0.2) is 0 Å². The van der Waals surface area contributed by atoms with E-state index in [-0.39, 0.29) is 30.3 Å². The number of hydrogen-bond acceptors (Lipinski definition) is 5. The molecule has 122 valence electrons. The zero-order valence-electron chi connectivity index (χ0n) is 12.8. The Hall–Kier alpha value is -2.31. The zero-order chi connectivity index (χ0) is 16.2. The highest BCUT2D eigenvalue weighted by Gasteiger charge is 2.35. The van der Waals surface area contributed by atoms with E-state index in [1.165, 1.54) is 4.90 Å². The number of furan rings is 1. The molecule has 0 saturated carbocycles. The second kappa shape index (κ2) is 6.85. The van der Waals surface area contributed by atoms with Crippen LogP contribution in [-0.2, 0) is 4.74 Å². The van der Waals surface area contributed by atoms with E-state index in [0.717, 1.165) is 0 Å². The van der Waals surface area contributed by atoms with Crippen molar-refractivity contribution in [1.82, 2.24) is 4.90 Å². The highest BCUT2D eigenvalue weighted by molar-refractivity contribution is 5.92. The number of amides is 1. The molecular formula is C17H19NO5. The van der Waals surface area contributed by atoms with E-state index in [2.05, 4.69) is 0 Å². The predicted octanol–water partition coefficient (Wildman–Crippen LogP) is 2.29. The Morgan fingerprint density at radius 1 is 1.26 bits per heavy atom. The standard InChI is InChI=1S/C17H19NO5/c1-2-21-15-11-18(10-13(15)19)17(20)14-8-9-16(23-14)22-12-6-4-3-5-7-12/h3-9,13,15,19H,2,10-11H2,1H3/t13-,15-/m0/s1. The lowest BCUT2D eigenvalue weighted by Crippen LogP contribution is -2.29. The molecule has 6 heteroatoms. The number of benzene rings is 1. The van der Waals surface area contributed by atoms with Crippen LogP contribution in [0.3, 0.4) is 0 Å². The second-order valence-electron chi connectivity index (χ2n) is 5.31. The molecule has 1 aromatic carbocycles. The summed E-state index contributed by atoms with van der Waals surface area (Å²) in [5.41, 5.74) is 0. The number of carbonyl (C=O) groups excluding carboxylic acids is 1. The van der Waals surface area contributed by atoms with Crippen LogP contribution < -0.4 is 4.74 Å². The lowest BCUT2D eigenvalue weighted by molar-refractivity contribution is -0.00239. The molecule has 1 fully saturated rings. The van der Waals surface area contributed by atoms with Gasteiger partial charge in [-0.2, -0.15) is 0 Å². The Kier molecular flexibility index (Phi) is 4.64.